The topological polar surface area (TPSA) is 119 Å². The van der Waals surface area contributed by atoms with Crippen LogP contribution in [0.15, 0.2) is 128 Å². The van der Waals surface area contributed by atoms with E-state index in [2.05, 4.69) is 69.5 Å². The molecule has 1 saturated heterocycles. The number of rotatable bonds is 13. The molecule has 56 heavy (non-hydrogen) atoms. The van der Waals surface area contributed by atoms with Crippen molar-refractivity contribution >= 4 is 17.0 Å². The molecule has 0 atom stereocenters. The van der Waals surface area contributed by atoms with Crippen molar-refractivity contribution in [1.29, 1.82) is 0 Å². The van der Waals surface area contributed by atoms with Crippen LogP contribution in [0.25, 0.3) is 39.5 Å². The third kappa shape index (κ3) is 7.10. The van der Waals surface area contributed by atoms with Gasteiger partial charge in [0.05, 0.1) is 31.6 Å². The molecular formula is C46H44N6O4. The summed E-state index contributed by atoms with van der Waals surface area (Å²) < 4.78 is 25.5. The second-order valence-corrected chi connectivity index (χ2v) is 14.4. The van der Waals surface area contributed by atoms with E-state index in [0.717, 1.165) is 82.1 Å². The number of methoxy groups -OCH3 is 1. The Morgan fingerprint density at radius 3 is 2.36 bits per heavy atom. The lowest BCUT2D eigenvalue weighted by Crippen LogP contribution is -2.48. The number of hydrogen-bond donors (Lipinski definition) is 2. The number of imidazole rings is 1. The lowest BCUT2D eigenvalue weighted by Gasteiger charge is -2.43. The van der Waals surface area contributed by atoms with Crippen molar-refractivity contribution in [3.05, 3.63) is 150 Å². The molecule has 0 radical (unpaired) electrons. The normalized spacial score (nSPS) is 15.2. The van der Waals surface area contributed by atoms with Crippen LogP contribution in [-0.4, -0.2) is 46.4 Å². The molecule has 10 heteroatoms. The van der Waals surface area contributed by atoms with E-state index >= 15 is 0 Å². The molecule has 0 bridgehead atoms. The first-order valence-electron chi connectivity index (χ1n) is 19.2. The van der Waals surface area contributed by atoms with E-state index in [1.807, 2.05) is 66.7 Å². The third-order valence-electron chi connectivity index (χ3n) is 10.9. The number of anilines is 1. The Labute approximate surface area is 326 Å². The molecule has 7 aromatic rings. The molecule has 4 aromatic carbocycles. The maximum absolute atomic E-state index is 6.41. The summed E-state index contributed by atoms with van der Waals surface area (Å²) in [4.78, 5) is 14.5. The minimum absolute atomic E-state index is 0.0932. The predicted molar refractivity (Wildman–Crippen MR) is 218 cm³/mol. The van der Waals surface area contributed by atoms with E-state index in [1.54, 1.807) is 13.3 Å². The molecule has 9 rings (SSSR count). The number of nitrogens with two attached hydrogens (primary N) is 1. The second-order valence-electron chi connectivity index (χ2n) is 14.4. The Hall–Kier alpha value is -6.07. The summed E-state index contributed by atoms with van der Waals surface area (Å²) >= 11 is 0. The molecule has 10 nitrogen and oxygen atoms in total. The van der Waals surface area contributed by atoms with Crippen LogP contribution in [0.5, 0.6) is 11.5 Å². The maximum Gasteiger partial charge on any atom is 0.187 e. The number of ether oxygens (including phenoxy) is 4. The predicted octanol–water partition coefficient (Wildman–Crippen LogP) is 8.58. The van der Waals surface area contributed by atoms with E-state index in [4.69, 9.17) is 34.6 Å². The number of fused-ring (bicyclic) bond motifs is 1. The molecule has 1 aliphatic heterocycles. The fourth-order valence-corrected chi connectivity index (χ4v) is 7.71. The molecule has 2 fully saturated rings. The van der Waals surface area contributed by atoms with Gasteiger partial charge in [-0.25, -0.2) is 15.0 Å². The summed E-state index contributed by atoms with van der Waals surface area (Å²) in [6.45, 7) is 2.39. The highest BCUT2D eigenvalue weighted by molar-refractivity contribution is 5.84. The van der Waals surface area contributed by atoms with E-state index < -0.39 is 6.29 Å². The maximum atomic E-state index is 6.41. The minimum Gasteiger partial charge on any atom is -0.497 e. The molecule has 0 unspecified atom stereocenters. The van der Waals surface area contributed by atoms with Gasteiger partial charge in [-0.3, -0.25) is 4.57 Å². The molecule has 3 N–H and O–H groups in total. The van der Waals surface area contributed by atoms with Gasteiger partial charge in [0.2, 0.25) is 0 Å². The number of hydrogen-bond acceptors (Lipinski definition) is 9. The van der Waals surface area contributed by atoms with Crippen molar-refractivity contribution < 1.29 is 18.9 Å². The summed E-state index contributed by atoms with van der Waals surface area (Å²) in [5.74, 6) is 2.73. The number of benzene rings is 4. The van der Waals surface area contributed by atoms with Gasteiger partial charge in [0.1, 0.15) is 29.4 Å². The first kappa shape index (κ1) is 35.6. The van der Waals surface area contributed by atoms with Crippen LogP contribution >= 0.6 is 0 Å². The van der Waals surface area contributed by atoms with Gasteiger partial charge in [0, 0.05) is 28.6 Å². The molecule has 1 aliphatic carbocycles. The summed E-state index contributed by atoms with van der Waals surface area (Å²) in [6.07, 6.45) is 5.45. The molecule has 0 amide bonds. The minimum atomic E-state index is -0.422. The molecule has 0 spiro atoms. The van der Waals surface area contributed by atoms with Crippen molar-refractivity contribution in [3.8, 4) is 39.8 Å². The average Bonchev–Trinajstić information content (AvgIpc) is 3.91. The Morgan fingerprint density at radius 2 is 1.62 bits per heavy atom. The lowest BCUT2D eigenvalue weighted by molar-refractivity contribution is -0.0458. The second kappa shape index (κ2) is 15.6. The van der Waals surface area contributed by atoms with E-state index in [9.17, 15) is 0 Å². The largest absolute Gasteiger partial charge is 0.497 e. The zero-order valence-electron chi connectivity index (χ0n) is 31.4. The lowest BCUT2D eigenvalue weighted by atomic mass is 9.71. The van der Waals surface area contributed by atoms with E-state index in [0.29, 0.717) is 31.5 Å². The fourth-order valence-electron chi connectivity index (χ4n) is 7.71. The zero-order valence-corrected chi connectivity index (χ0v) is 31.4. The van der Waals surface area contributed by atoms with Crippen LogP contribution in [0.3, 0.4) is 0 Å². The quantitative estimate of drug-likeness (QED) is 0.120. The van der Waals surface area contributed by atoms with Gasteiger partial charge in [0.15, 0.2) is 17.8 Å². The van der Waals surface area contributed by atoms with Crippen LogP contribution in [0, 0.1) is 0 Å². The molecule has 3 aromatic heterocycles. The molecule has 1 saturated carbocycles. The Kier molecular flexibility index (Phi) is 9.91. The Morgan fingerprint density at radius 1 is 0.839 bits per heavy atom. The van der Waals surface area contributed by atoms with Crippen LogP contribution < -0.4 is 20.5 Å². The smallest absolute Gasteiger partial charge is 0.187 e. The Balaban J connectivity index is 0.955. The van der Waals surface area contributed by atoms with Gasteiger partial charge in [-0.05, 0) is 110 Å². The molecular weight excluding hydrogens is 701 g/mol. The van der Waals surface area contributed by atoms with Crippen LogP contribution in [0.4, 0.5) is 5.82 Å². The van der Waals surface area contributed by atoms with Crippen molar-refractivity contribution in [1.82, 2.24) is 24.8 Å². The van der Waals surface area contributed by atoms with Gasteiger partial charge in [0.25, 0.3) is 0 Å². The van der Waals surface area contributed by atoms with Gasteiger partial charge in [-0.1, -0.05) is 60.7 Å². The SMILES string of the molecule is COc1ccc(COc2cc(CCNC3(c4ccc(-n5c(-c6cccnc6N)nc6ccc(-c7ccccc7)nc65)cc4)CCC3)ccc2C2OCCO2)cc1. The number of nitrogen functional groups attached to an aromatic ring is 1. The third-order valence-corrected chi connectivity index (χ3v) is 10.9. The monoisotopic (exact) mass is 744 g/mol. The summed E-state index contributed by atoms with van der Waals surface area (Å²) in [5, 5.41) is 3.95. The van der Waals surface area contributed by atoms with Gasteiger partial charge >= 0.3 is 0 Å². The summed E-state index contributed by atoms with van der Waals surface area (Å²) in [5.41, 5.74) is 15.9. The zero-order chi connectivity index (χ0) is 37.9. The van der Waals surface area contributed by atoms with Crippen molar-refractivity contribution in [2.24, 2.45) is 0 Å². The molecule has 4 heterocycles. The summed E-state index contributed by atoms with van der Waals surface area (Å²) in [6, 6.07) is 41.2. The first-order valence-corrected chi connectivity index (χ1v) is 19.2. The van der Waals surface area contributed by atoms with E-state index in [1.165, 1.54) is 17.5 Å². The van der Waals surface area contributed by atoms with Crippen molar-refractivity contribution in [2.75, 3.05) is 32.6 Å². The van der Waals surface area contributed by atoms with Crippen LogP contribution in [0.1, 0.15) is 47.8 Å². The average molecular weight is 745 g/mol. The highest BCUT2D eigenvalue weighted by atomic mass is 16.7. The summed E-state index contributed by atoms with van der Waals surface area (Å²) in [7, 11) is 1.67. The number of nitrogens with one attached hydrogen (secondary N) is 1. The highest BCUT2D eigenvalue weighted by Gasteiger charge is 2.38. The standard InChI is InChI=1S/C46H44N6O4/c1-53-36-17-10-32(11-18-36)30-56-41-29-31(12-19-37(41)45-54-27-28-55-45)22-26-49-46(23-6-24-46)34-13-15-35(16-14-34)52-43(38-9-5-25-48-42(38)47)51-40-21-20-39(50-44(40)52)33-7-3-2-4-8-33/h2-5,7-21,25,29,45,49H,6,22-24,26-28,30H2,1H3,(H2,47,48). The van der Waals surface area contributed by atoms with Gasteiger partial charge in [-0.15, -0.1) is 0 Å². The molecule has 2 aliphatic rings. The van der Waals surface area contributed by atoms with Crippen molar-refractivity contribution in [2.45, 2.75) is 44.1 Å². The number of aromatic nitrogens is 4. The highest BCUT2D eigenvalue weighted by Crippen LogP contribution is 2.42. The van der Waals surface area contributed by atoms with Gasteiger partial charge < -0.3 is 30.0 Å². The number of nitrogens with zero attached hydrogens (tertiary/aromatic N) is 4. The van der Waals surface area contributed by atoms with Crippen LogP contribution in [-0.2, 0) is 28.0 Å². The van der Waals surface area contributed by atoms with E-state index in [-0.39, 0.29) is 5.54 Å². The van der Waals surface area contributed by atoms with Gasteiger partial charge in [-0.2, -0.15) is 0 Å². The van der Waals surface area contributed by atoms with Crippen molar-refractivity contribution in [3.63, 3.8) is 0 Å². The molecule has 282 valence electrons. The first-order chi connectivity index (χ1) is 27.6. The van der Waals surface area contributed by atoms with Crippen LogP contribution in [0.2, 0.25) is 0 Å². The Bertz CT molecular complexity index is 2440. The fraction of sp³-hybridized carbons (Fsp3) is 0.239. The number of pyridine rings is 2.